The molecule has 0 unspecified atom stereocenters. The first-order valence-electron chi connectivity index (χ1n) is 9.13. The second-order valence-electron chi connectivity index (χ2n) is 7.61. The minimum atomic E-state index is 0.180. The first kappa shape index (κ1) is 16.3. The molecular formula is C19H26N2O2S. The van der Waals surface area contributed by atoms with Crippen molar-refractivity contribution in [2.24, 2.45) is 11.3 Å². The Morgan fingerprint density at radius 1 is 1.50 bits per heavy atom. The van der Waals surface area contributed by atoms with Crippen molar-refractivity contribution in [1.82, 2.24) is 9.88 Å². The third-order valence-electron chi connectivity index (χ3n) is 5.95. The molecule has 2 atom stereocenters. The van der Waals surface area contributed by atoms with E-state index in [1.54, 1.807) is 11.3 Å². The largest absolute Gasteiger partial charge is 0.374 e. The van der Waals surface area contributed by atoms with Gasteiger partial charge in [0.15, 0.2) is 0 Å². The Balaban J connectivity index is 1.38. The normalized spacial score (nSPS) is 29.1. The Kier molecular flexibility index (Phi) is 4.48. The van der Waals surface area contributed by atoms with E-state index in [0.717, 1.165) is 55.2 Å². The van der Waals surface area contributed by atoms with Crippen molar-refractivity contribution < 1.29 is 9.53 Å². The van der Waals surface area contributed by atoms with Crippen LogP contribution in [0.5, 0.6) is 0 Å². The maximum Gasteiger partial charge on any atom is 0.249 e. The molecular weight excluding hydrogens is 320 g/mol. The maximum absolute atomic E-state index is 12.7. The van der Waals surface area contributed by atoms with E-state index in [-0.39, 0.29) is 11.3 Å². The summed E-state index contributed by atoms with van der Waals surface area (Å²) in [7, 11) is 0. The number of hydrogen-bond acceptors (Lipinski definition) is 4. The number of rotatable bonds is 5. The summed E-state index contributed by atoms with van der Waals surface area (Å²) < 4.78 is 6.07. The van der Waals surface area contributed by atoms with Gasteiger partial charge in [-0.2, -0.15) is 0 Å². The smallest absolute Gasteiger partial charge is 0.249 e. The van der Waals surface area contributed by atoms with Crippen molar-refractivity contribution in [3.63, 3.8) is 0 Å². The summed E-state index contributed by atoms with van der Waals surface area (Å²) in [5.74, 6) is 0.900. The fraction of sp³-hybridized carbons (Fsp3) is 0.684. The van der Waals surface area contributed by atoms with E-state index < -0.39 is 0 Å². The number of amides is 1. The summed E-state index contributed by atoms with van der Waals surface area (Å²) in [4.78, 5) is 19.3. The van der Waals surface area contributed by atoms with Crippen LogP contribution in [-0.2, 0) is 16.1 Å². The average molecular weight is 346 g/mol. The molecule has 5 heteroatoms. The minimum Gasteiger partial charge on any atom is -0.374 e. The Labute approximate surface area is 147 Å². The molecule has 1 saturated heterocycles. The molecule has 130 valence electrons. The Hall–Kier alpha value is -1.20. The molecule has 1 amide bonds. The van der Waals surface area contributed by atoms with Crippen LogP contribution in [0.3, 0.4) is 0 Å². The Bertz CT molecular complexity index is 654. The van der Waals surface area contributed by atoms with Crippen LogP contribution < -0.4 is 0 Å². The summed E-state index contributed by atoms with van der Waals surface area (Å²) in [6.45, 7) is 5.19. The lowest BCUT2D eigenvalue weighted by atomic mass is 9.81. The highest BCUT2D eigenvalue weighted by Gasteiger charge is 2.51. The highest BCUT2D eigenvalue weighted by molar-refractivity contribution is 7.09. The van der Waals surface area contributed by atoms with Gasteiger partial charge in [-0.15, -0.1) is 11.3 Å². The molecule has 2 aliphatic carbocycles. The van der Waals surface area contributed by atoms with Crippen molar-refractivity contribution in [3.05, 3.63) is 27.7 Å². The van der Waals surface area contributed by atoms with E-state index in [9.17, 15) is 4.79 Å². The fourth-order valence-corrected chi connectivity index (χ4v) is 5.30. The van der Waals surface area contributed by atoms with Crippen molar-refractivity contribution in [3.8, 4) is 0 Å². The van der Waals surface area contributed by atoms with E-state index in [2.05, 4.69) is 21.3 Å². The van der Waals surface area contributed by atoms with E-state index in [1.807, 2.05) is 6.92 Å². The number of likely N-dealkylation sites (tertiary alicyclic amines) is 1. The molecule has 4 rings (SSSR count). The number of aromatic nitrogens is 1. The third kappa shape index (κ3) is 3.04. The molecule has 0 aromatic carbocycles. The molecule has 0 N–H and O–H groups in total. The van der Waals surface area contributed by atoms with Gasteiger partial charge in [-0.1, -0.05) is 12.5 Å². The fourth-order valence-electron chi connectivity index (χ4n) is 4.71. The molecule has 1 aromatic rings. The summed E-state index contributed by atoms with van der Waals surface area (Å²) >= 11 is 1.67. The topological polar surface area (TPSA) is 42.4 Å². The molecule has 2 fully saturated rings. The molecule has 0 spiro atoms. The Morgan fingerprint density at radius 3 is 3.17 bits per heavy atom. The van der Waals surface area contributed by atoms with Crippen molar-refractivity contribution >= 4 is 17.2 Å². The van der Waals surface area contributed by atoms with Crippen molar-refractivity contribution in [2.75, 3.05) is 19.7 Å². The molecule has 1 aliphatic heterocycles. The van der Waals surface area contributed by atoms with E-state index in [4.69, 9.17) is 4.74 Å². The number of nitrogens with zero attached hydrogens (tertiary/aromatic N) is 2. The standard InChI is InChI=1S/C19H26N2O2S/c1-14-20-17(11-24-14)10-23-13-19-8-4-7-16(19)9-21(12-19)18(22)15-5-2-3-6-15/h5,11,16H,2-4,6-10,12-13H2,1H3/t16-,19+/m0/s1. The predicted octanol–water partition coefficient (Wildman–Crippen LogP) is 3.71. The average Bonchev–Trinajstić information content (AvgIpc) is 3.29. The molecule has 0 radical (unpaired) electrons. The highest BCUT2D eigenvalue weighted by Crippen LogP contribution is 2.49. The van der Waals surface area contributed by atoms with Gasteiger partial charge < -0.3 is 9.64 Å². The van der Waals surface area contributed by atoms with Crippen LogP contribution in [0.4, 0.5) is 0 Å². The number of thiazole rings is 1. The molecule has 2 heterocycles. The van der Waals surface area contributed by atoms with E-state index in [0.29, 0.717) is 12.5 Å². The van der Waals surface area contributed by atoms with Crippen LogP contribution >= 0.6 is 11.3 Å². The van der Waals surface area contributed by atoms with Crippen LogP contribution in [0.1, 0.15) is 49.2 Å². The number of fused-ring (bicyclic) bond motifs is 1. The summed E-state index contributed by atoms with van der Waals surface area (Å²) in [5, 5.41) is 3.17. The van der Waals surface area contributed by atoms with Gasteiger partial charge in [0.2, 0.25) is 5.91 Å². The van der Waals surface area contributed by atoms with Crippen LogP contribution in [0.2, 0.25) is 0 Å². The van der Waals surface area contributed by atoms with Gasteiger partial charge in [-0.05, 0) is 44.9 Å². The lowest BCUT2D eigenvalue weighted by Crippen LogP contribution is -2.35. The first-order chi connectivity index (χ1) is 11.7. The second-order valence-corrected chi connectivity index (χ2v) is 8.67. The zero-order valence-electron chi connectivity index (χ0n) is 14.4. The van der Waals surface area contributed by atoms with Gasteiger partial charge >= 0.3 is 0 Å². The molecule has 1 saturated carbocycles. The van der Waals surface area contributed by atoms with E-state index in [1.165, 1.54) is 19.3 Å². The Morgan fingerprint density at radius 2 is 2.42 bits per heavy atom. The van der Waals surface area contributed by atoms with Crippen LogP contribution in [-0.4, -0.2) is 35.5 Å². The molecule has 4 nitrogen and oxygen atoms in total. The number of hydrogen-bond donors (Lipinski definition) is 0. The highest BCUT2D eigenvalue weighted by atomic mass is 32.1. The van der Waals surface area contributed by atoms with Gasteiger partial charge in [0.1, 0.15) is 0 Å². The maximum atomic E-state index is 12.7. The number of carbonyl (C=O) groups is 1. The zero-order chi connectivity index (χ0) is 16.6. The predicted molar refractivity (Wildman–Crippen MR) is 94.8 cm³/mol. The lowest BCUT2D eigenvalue weighted by Gasteiger charge is -2.28. The molecule has 0 bridgehead atoms. The molecule has 1 aromatic heterocycles. The number of carbonyl (C=O) groups excluding carboxylic acids is 1. The van der Waals surface area contributed by atoms with Gasteiger partial charge in [-0.25, -0.2) is 4.98 Å². The monoisotopic (exact) mass is 346 g/mol. The lowest BCUT2D eigenvalue weighted by molar-refractivity contribution is -0.127. The quantitative estimate of drug-likeness (QED) is 0.816. The number of ether oxygens (including phenoxy) is 1. The van der Waals surface area contributed by atoms with Crippen molar-refractivity contribution in [1.29, 1.82) is 0 Å². The SMILES string of the molecule is Cc1nc(COC[C@]23CCC[C@H]2CN(C(=O)C2=CCCC2)C3)cs1. The number of allylic oxidation sites excluding steroid dienone is 1. The van der Waals surface area contributed by atoms with Crippen LogP contribution in [0, 0.1) is 18.3 Å². The van der Waals surface area contributed by atoms with Crippen LogP contribution in [0.15, 0.2) is 17.0 Å². The van der Waals surface area contributed by atoms with Gasteiger partial charge in [0, 0.05) is 29.5 Å². The van der Waals surface area contributed by atoms with Gasteiger partial charge in [0.25, 0.3) is 0 Å². The third-order valence-corrected chi connectivity index (χ3v) is 6.77. The minimum absolute atomic E-state index is 0.180. The summed E-state index contributed by atoms with van der Waals surface area (Å²) in [5.41, 5.74) is 2.26. The van der Waals surface area contributed by atoms with E-state index >= 15 is 0 Å². The van der Waals surface area contributed by atoms with Crippen molar-refractivity contribution in [2.45, 2.75) is 52.1 Å². The summed E-state index contributed by atoms with van der Waals surface area (Å²) in [6.07, 6.45) is 9.02. The second kappa shape index (κ2) is 6.60. The van der Waals surface area contributed by atoms with Gasteiger partial charge in [0.05, 0.1) is 23.9 Å². The van der Waals surface area contributed by atoms with Crippen LogP contribution in [0.25, 0.3) is 0 Å². The first-order valence-corrected chi connectivity index (χ1v) is 10.0. The van der Waals surface area contributed by atoms with Gasteiger partial charge in [-0.3, -0.25) is 4.79 Å². The number of aryl methyl sites for hydroxylation is 1. The summed E-state index contributed by atoms with van der Waals surface area (Å²) in [6, 6.07) is 0. The molecule has 24 heavy (non-hydrogen) atoms. The zero-order valence-corrected chi connectivity index (χ0v) is 15.2. The molecule has 3 aliphatic rings.